The highest BCUT2D eigenvalue weighted by molar-refractivity contribution is 5.97. The Morgan fingerprint density at radius 3 is 1.77 bits per heavy atom. The van der Waals surface area contributed by atoms with Crippen molar-refractivity contribution in [2.24, 2.45) is 5.84 Å². The van der Waals surface area contributed by atoms with Crippen LogP contribution in [0.5, 0.6) is 0 Å². The van der Waals surface area contributed by atoms with Gasteiger partial charge in [-0.3, -0.25) is 14.6 Å². The average Bonchev–Trinajstić information content (AvgIpc) is 3.18. The fraction of sp³-hybridized carbons (Fsp3) is 0.222. The van der Waals surface area contributed by atoms with E-state index < -0.39 is 0 Å². The van der Waals surface area contributed by atoms with Crippen molar-refractivity contribution >= 4 is 16.7 Å². The van der Waals surface area contributed by atoms with Crippen LogP contribution in [-0.4, -0.2) is 16.5 Å². The molecule has 0 bridgehead atoms. The fourth-order valence-corrected chi connectivity index (χ4v) is 1.86. The van der Waals surface area contributed by atoms with Crippen LogP contribution in [0.3, 0.4) is 0 Å². The van der Waals surface area contributed by atoms with Gasteiger partial charge in [0.2, 0.25) is 0 Å². The molecule has 114 valence electrons. The lowest BCUT2D eigenvalue weighted by molar-refractivity contribution is 0.0582. The van der Waals surface area contributed by atoms with Crippen molar-refractivity contribution in [3.05, 3.63) is 70.4 Å². The molecule has 0 saturated heterocycles. The quantitative estimate of drug-likeness (QED) is 0.426. The molecule has 0 radical (unpaired) electrons. The zero-order valence-corrected chi connectivity index (χ0v) is 13.0. The van der Waals surface area contributed by atoms with Crippen LogP contribution in [-0.2, 0) is 0 Å². The van der Waals surface area contributed by atoms with E-state index in [0.717, 1.165) is 10.8 Å². The van der Waals surface area contributed by atoms with Crippen molar-refractivity contribution in [1.29, 1.82) is 0 Å². The first-order valence-corrected chi connectivity index (χ1v) is 7.10. The third-order valence-corrected chi connectivity index (χ3v) is 3.32. The summed E-state index contributed by atoms with van der Waals surface area (Å²) in [5, 5.41) is 3.04. The van der Waals surface area contributed by atoms with Gasteiger partial charge in [0.05, 0.1) is 5.54 Å². The van der Waals surface area contributed by atoms with Crippen LogP contribution in [0.1, 0.15) is 31.1 Å². The van der Waals surface area contributed by atoms with Crippen LogP contribution in [0.25, 0.3) is 10.8 Å². The standard InChI is InChI=1S/C11H16N2O.C7H4O/c1-11(2,3)13(12)10(14)9-7-5-4-6-8-9;8-7-5-3-1-2-4-6(5)7/h4-8H,12H2,1-3H3;1-4H. The Morgan fingerprint density at radius 1 is 0.909 bits per heavy atom. The lowest BCUT2D eigenvalue weighted by atomic mass is 10.1. The zero-order chi connectivity index (χ0) is 16.3. The zero-order valence-electron chi connectivity index (χ0n) is 13.0. The number of hydrazine groups is 1. The Hall–Kier alpha value is -2.46. The molecule has 0 aliphatic rings. The molecule has 0 unspecified atom stereocenters. The normalized spacial score (nSPS) is 11.1. The monoisotopic (exact) mass is 296 g/mol. The molecule has 0 spiro atoms. The number of rotatable bonds is 1. The predicted molar refractivity (Wildman–Crippen MR) is 89.1 cm³/mol. The van der Waals surface area contributed by atoms with Gasteiger partial charge in [0.15, 0.2) is 5.43 Å². The number of nitrogens with two attached hydrogens (primary N) is 1. The Bertz CT molecular complexity index is 747. The second-order valence-electron chi connectivity index (χ2n) is 6.09. The van der Waals surface area contributed by atoms with E-state index >= 15 is 0 Å². The fourth-order valence-electron chi connectivity index (χ4n) is 1.86. The molecule has 22 heavy (non-hydrogen) atoms. The molecule has 3 aromatic rings. The molecule has 4 nitrogen and oxygen atoms in total. The maximum absolute atomic E-state index is 11.8. The van der Waals surface area contributed by atoms with Gasteiger partial charge in [0.1, 0.15) is 0 Å². The van der Waals surface area contributed by atoms with Gasteiger partial charge < -0.3 is 0 Å². The van der Waals surface area contributed by atoms with Gasteiger partial charge in [-0.25, -0.2) is 5.84 Å². The van der Waals surface area contributed by atoms with Crippen molar-refractivity contribution < 1.29 is 4.79 Å². The summed E-state index contributed by atoms with van der Waals surface area (Å²) in [5.41, 5.74) is 0.479. The highest BCUT2D eigenvalue weighted by Gasteiger charge is 2.23. The van der Waals surface area contributed by atoms with E-state index in [-0.39, 0.29) is 16.9 Å². The van der Waals surface area contributed by atoms with Crippen LogP contribution in [0, 0.1) is 0 Å². The minimum Gasteiger partial charge on any atom is -0.289 e. The Kier molecular flexibility index (Phi) is 4.43. The Morgan fingerprint density at radius 2 is 1.36 bits per heavy atom. The Labute approximate surface area is 129 Å². The molecule has 0 fully saturated rings. The number of hydrogen-bond donors (Lipinski definition) is 1. The topological polar surface area (TPSA) is 63.4 Å². The van der Waals surface area contributed by atoms with Gasteiger partial charge in [-0.1, -0.05) is 42.5 Å². The smallest absolute Gasteiger partial charge is 0.268 e. The van der Waals surface area contributed by atoms with Crippen LogP contribution in [0.4, 0.5) is 0 Å². The van der Waals surface area contributed by atoms with E-state index in [4.69, 9.17) is 5.84 Å². The second kappa shape index (κ2) is 6.12. The SMILES string of the molecule is CC(C)(C)N(N)C(=O)c1ccccc1.O=c1c2ccccc12. The molecule has 3 aromatic carbocycles. The van der Waals surface area contributed by atoms with E-state index in [1.54, 1.807) is 12.1 Å². The van der Waals surface area contributed by atoms with E-state index in [0.29, 0.717) is 5.56 Å². The van der Waals surface area contributed by atoms with Crippen LogP contribution >= 0.6 is 0 Å². The third-order valence-electron chi connectivity index (χ3n) is 3.32. The molecule has 2 N–H and O–H groups in total. The summed E-state index contributed by atoms with van der Waals surface area (Å²) in [5.74, 6) is 5.56. The average molecular weight is 296 g/mol. The largest absolute Gasteiger partial charge is 0.289 e. The molecule has 1 amide bonds. The molecule has 0 atom stereocenters. The minimum atomic E-state index is -0.354. The minimum absolute atomic E-state index is 0.155. The van der Waals surface area contributed by atoms with Crippen molar-refractivity contribution in [2.75, 3.05) is 0 Å². The van der Waals surface area contributed by atoms with Crippen molar-refractivity contribution in [3.8, 4) is 0 Å². The van der Waals surface area contributed by atoms with Gasteiger partial charge in [-0.2, -0.15) is 0 Å². The van der Waals surface area contributed by atoms with E-state index in [9.17, 15) is 9.59 Å². The highest BCUT2D eigenvalue weighted by atomic mass is 16.2. The maximum Gasteiger partial charge on any atom is 0.268 e. The lowest BCUT2D eigenvalue weighted by Gasteiger charge is -2.31. The molecule has 0 saturated carbocycles. The first-order chi connectivity index (χ1) is 10.3. The second-order valence-corrected chi connectivity index (χ2v) is 6.09. The molecular formula is C18H20N2O2. The Balaban J connectivity index is 0.000000183. The van der Waals surface area contributed by atoms with Gasteiger partial charge >= 0.3 is 0 Å². The first kappa shape index (κ1) is 15.9. The molecule has 0 aliphatic heterocycles. The molecule has 0 aliphatic carbocycles. The van der Waals surface area contributed by atoms with Gasteiger partial charge in [0.25, 0.3) is 5.91 Å². The number of nitrogens with zero attached hydrogens (tertiary/aromatic N) is 1. The number of fused-ring (bicyclic) bond motifs is 1. The predicted octanol–water partition coefficient (Wildman–Crippen LogP) is 2.88. The van der Waals surface area contributed by atoms with Crippen LogP contribution in [0.15, 0.2) is 59.4 Å². The van der Waals surface area contributed by atoms with Gasteiger partial charge in [-0.05, 0) is 32.9 Å². The lowest BCUT2D eigenvalue weighted by Crippen LogP contribution is -2.50. The van der Waals surface area contributed by atoms with Crippen LogP contribution in [0.2, 0.25) is 0 Å². The summed E-state index contributed by atoms with van der Waals surface area (Å²) < 4.78 is 0. The van der Waals surface area contributed by atoms with E-state index in [2.05, 4.69) is 0 Å². The number of carbonyl (C=O) groups is 1. The molecule has 0 heterocycles. The number of amides is 1. The van der Waals surface area contributed by atoms with Gasteiger partial charge in [-0.15, -0.1) is 0 Å². The summed E-state index contributed by atoms with van der Waals surface area (Å²) in [7, 11) is 0. The summed E-state index contributed by atoms with van der Waals surface area (Å²) in [6.07, 6.45) is 0. The summed E-state index contributed by atoms with van der Waals surface area (Å²) >= 11 is 0. The molecule has 0 aromatic heterocycles. The molecule has 3 rings (SSSR count). The highest BCUT2D eigenvalue weighted by Crippen LogP contribution is 2.12. The number of hydrogen-bond acceptors (Lipinski definition) is 3. The van der Waals surface area contributed by atoms with Crippen molar-refractivity contribution in [1.82, 2.24) is 5.01 Å². The summed E-state index contributed by atoms with van der Waals surface area (Å²) in [6.45, 7) is 5.69. The molecular weight excluding hydrogens is 276 g/mol. The van der Waals surface area contributed by atoms with Crippen LogP contribution < -0.4 is 11.3 Å². The summed E-state index contributed by atoms with van der Waals surface area (Å²) in [6, 6.07) is 16.5. The van der Waals surface area contributed by atoms with E-state index in [1.807, 2.05) is 63.2 Å². The number of carbonyl (C=O) groups excluding carboxylic acids is 1. The molecule has 4 heteroatoms. The maximum atomic E-state index is 11.8. The number of benzene rings is 2. The van der Waals surface area contributed by atoms with E-state index in [1.165, 1.54) is 5.01 Å². The van der Waals surface area contributed by atoms with Crippen molar-refractivity contribution in [2.45, 2.75) is 26.3 Å². The third kappa shape index (κ3) is 3.59. The van der Waals surface area contributed by atoms with Gasteiger partial charge in [0, 0.05) is 16.3 Å². The first-order valence-electron chi connectivity index (χ1n) is 7.10. The van der Waals surface area contributed by atoms with Crippen molar-refractivity contribution in [3.63, 3.8) is 0 Å². The summed E-state index contributed by atoms with van der Waals surface area (Å²) in [4.78, 5) is 22.3.